The first kappa shape index (κ1) is 31.7. The van der Waals surface area contributed by atoms with Crippen molar-refractivity contribution in [3.63, 3.8) is 0 Å². The molecular weight excluding hydrogens is 600 g/mol. The Hall–Kier alpha value is -5.21. The molecule has 2 N–H and O–H groups in total. The van der Waals surface area contributed by atoms with Gasteiger partial charge in [0.25, 0.3) is 5.91 Å². The summed E-state index contributed by atoms with van der Waals surface area (Å²) in [7, 11) is 0. The number of ether oxygens (including phenoxy) is 3. The van der Waals surface area contributed by atoms with Crippen LogP contribution in [0, 0.1) is 0 Å². The number of carboxylic acids is 1. The molecule has 0 unspecified atom stereocenters. The molecule has 0 fully saturated rings. The number of carboxylic acid groups (broad SMARTS) is 1. The average Bonchev–Trinajstić information content (AvgIpc) is 3.36. The van der Waals surface area contributed by atoms with Gasteiger partial charge >= 0.3 is 18.5 Å². The molecule has 44 heavy (non-hydrogen) atoms. The minimum atomic E-state index is -4.92. The highest BCUT2D eigenvalue weighted by Gasteiger charge is 2.32. The topological polar surface area (TPSA) is 112 Å². The summed E-state index contributed by atoms with van der Waals surface area (Å²) in [6.45, 7) is 1.69. The second-order valence-electron chi connectivity index (χ2n) is 9.00. The molecule has 4 rings (SSSR count). The quantitative estimate of drug-likeness (QED) is 0.176. The summed E-state index contributed by atoms with van der Waals surface area (Å²) in [6, 6.07) is 13.1. The second-order valence-corrected chi connectivity index (χ2v) is 9.00. The van der Waals surface area contributed by atoms with Crippen LogP contribution in [0.1, 0.15) is 29.3 Å². The lowest BCUT2D eigenvalue weighted by Gasteiger charge is -2.13. The zero-order valence-corrected chi connectivity index (χ0v) is 22.7. The van der Waals surface area contributed by atoms with Gasteiger partial charge in [-0.1, -0.05) is 12.1 Å². The van der Waals surface area contributed by atoms with Crippen LogP contribution >= 0.6 is 0 Å². The fourth-order valence-electron chi connectivity index (χ4n) is 3.91. The monoisotopic (exact) mass is 623 g/mol. The zero-order valence-electron chi connectivity index (χ0n) is 22.7. The molecule has 3 aromatic carbocycles. The highest BCUT2D eigenvalue weighted by molar-refractivity contribution is 5.94. The van der Waals surface area contributed by atoms with Gasteiger partial charge in [0.15, 0.2) is 0 Å². The fraction of sp³-hybridized carbons (Fsp3) is 0.207. The maximum atomic E-state index is 13.5. The van der Waals surface area contributed by atoms with Gasteiger partial charge in [-0.3, -0.25) is 9.59 Å². The summed E-state index contributed by atoms with van der Waals surface area (Å²) in [5.74, 6) is -2.00. The van der Waals surface area contributed by atoms with Gasteiger partial charge in [0.05, 0.1) is 24.2 Å². The number of aliphatic carboxylic acids is 1. The van der Waals surface area contributed by atoms with E-state index in [2.05, 4.69) is 15.2 Å². The van der Waals surface area contributed by atoms with Crippen LogP contribution in [0.15, 0.2) is 72.9 Å². The number of carbonyl (C=O) groups is 2. The van der Waals surface area contributed by atoms with Crippen LogP contribution in [0.5, 0.6) is 23.1 Å². The fourth-order valence-corrected chi connectivity index (χ4v) is 3.91. The largest absolute Gasteiger partial charge is 0.573 e. The summed E-state index contributed by atoms with van der Waals surface area (Å²) < 4.78 is 95.0. The lowest BCUT2D eigenvalue weighted by atomic mass is 10.1. The van der Waals surface area contributed by atoms with E-state index in [0.29, 0.717) is 5.56 Å². The van der Waals surface area contributed by atoms with Crippen molar-refractivity contribution in [1.29, 1.82) is 0 Å². The van der Waals surface area contributed by atoms with Crippen LogP contribution in [0.2, 0.25) is 0 Å². The first-order chi connectivity index (χ1) is 20.7. The van der Waals surface area contributed by atoms with Crippen molar-refractivity contribution in [2.45, 2.75) is 25.9 Å². The van der Waals surface area contributed by atoms with E-state index in [1.165, 1.54) is 42.6 Å². The van der Waals surface area contributed by atoms with Gasteiger partial charge in [0, 0.05) is 18.3 Å². The first-order valence-corrected chi connectivity index (χ1v) is 12.8. The number of carbonyl (C=O) groups excluding carboxylic acids is 1. The predicted molar refractivity (Wildman–Crippen MR) is 143 cm³/mol. The van der Waals surface area contributed by atoms with Crippen molar-refractivity contribution in [2.75, 3.05) is 13.2 Å². The molecule has 1 aromatic heterocycles. The Labute approximate surface area is 245 Å². The summed E-state index contributed by atoms with van der Waals surface area (Å²) in [5.41, 5.74) is -0.373. The maximum Gasteiger partial charge on any atom is 0.573 e. The third-order valence-corrected chi connectivity index (χ3v) is 5.87. The number of halogens is 6. The van der Waals surface area contributed by atoms with Gasteiger partial charge in [-0.05, 0) is 67.1 Å². The SMILES string of the molecule is CCOc1ccc(C(F)(F)F)cc1-n1cc(-c2ccc(OC(F)(F)F)cc2)c(Oc2ccc(C(=O)NCCC(=O)O)cc2)n1. The van der Waals surface area contributed by atoms with Gasteiger partial charge in [-0.25, -0.2) is 4.68 Å². The smallest absolute Gasteiger partial charge is 0.492 e. The number of benzene rings is 3. The van der Waals surface area contributed by atoms with Crippen molar-refractivity contribution < 1.29 is 55.2 Å². The Bertz CT molecular complexity index is 1620. The number of nitrogens with zero attached hydrogens (tertiary/aromatic N) is 2. The van der Waals surface area contributed by atoms with Gasteiger partial charge in [0.1, 0.15) is 22.9 Å². The van der Waals surface area contributed by atoms with Crippen LogP contribution < -0.4 is 19.5 Å². The van der Waals surface area contributed by atoms with Crippen molar-refractivity contribution >= 4 is 11.9 Å². The molecule has 0 bridgehead atoms. The van der Waals surface area contributed by atoms with Crippen LogP contribution in [-0.4, -0.2) is 46.3 Å². The summed E-state index contributed by atoms with van der Waals surface area (Å²) in [4.78, 5) is 22.9. The van der Waals surface area contributed by atoms with E-state index in [1.54, 1.807) is 6.92 Å². The van der Waals surface area contributed by atoms with Gasteiger partial charge in [0.2, 0.25) is 5.88 Å². The molecule has 0 atom stereocenters. The second kappa shape index (κ2) is 13.0. The first-order valence-electron chi connectivity index (χ1n) is 12.8. The number of alkyl halides is 6. The molecule has 0 aliphatic carbocycles. The van der Waals surface area contributed by atoms with Crippen molar-refractivity contribution in [2.24, 2.45) is 0 Å². The minimum absolute atomic E-state index is 0.0771. The number of aromatic nitrogens is 2. The summed E-state index contributed by atoms with van der Waals surface area (Å²) >= 11 is 0. The maximum absolute atomic E-state index is 13.5. The molecule has 0 aliphatic rings. The average molecular weight is 624 g/mol. The lowest BCUT2D eigenvalue weighted by molar-refractivity contribution is -0.274. The van der Waals surface area contributed by atoms with Crippen molar-refractivity contribution in [1.82, 2.24) is 15.1 Å². The molecular formula is C29H23F6N3O6. The van der Waals surface area contributed by atoms with Crippen molar-refractivity contribution in [3.8, 4) is 39.9 Å². The Kier molecular flexibility index (Phi) is 9.35. The Morgan fingerprint density at radius 1 is 0.932 bits per heavy atom. The van der Waals surface area contributed by atoms with E-state index in [-0.39, 0.29) is 53.8 Å². The molecule has 0 saturated carbocycles. The molecule has 1 heterocycles. The van der Waals surface area contributed by atoms with Gasteiger partial charge < -0.3 is 24.6 Å². The Morgan fingerprint density at radius 2 is 1.59 bits per heavy atom. The van der Waals surface area contributed by atoms with Crippen LogP contribution in [0.4, 0.5) is 26.3 Å². The highest BCUT2D eigenvalue weighted by Crippen LogP contribution is 2.38. The molecule has 4 aromatic rings. The number of nitrogens with one attached hydrogen (secondary N) is 1. The van der Waals surface area contributed by atoms with E-state index in [1.807, 2.05) is 0 Å². The van der Waals surface area contributed by atoms with E-state index in [4.69, 9.17) is 14.6 Å². The molecule has 0 radical (unpaired) electrons. The van der Waals surface area contributed by atoms with E-state index in [0.717, 1.165) is 35.0 Å². The lowest BCUT2D eigenvalue weighted by Crippen LogP contribution is -2.25. The van der Waals surface area contributed by atoms with E-state index in [9.17, 15) is 35.9 Å². The standard InChI is InChI=1S/C29H23F6N3O6/c1-2-42-24-12-7-19(28(30,31)32)15-23(24)38-16-22(17-3-10-21(11-4-17)44-29(33,34)35)27(37-38)43-20-8-5-18(6-9-20)26(41)36-14-13-25(39)40/h3-12,15-16H,2,13-14H2,1H3,(H,36,41)(H,39,40). The third kappa shape index (κ3) is 8.20. The van der Waals surface area contributed by atoms with Gasteiger partial charge in [-0.15, -0.1) is 18.3 Å². The molecule has 9 nitrogen and oxygen atoms in total. The van der Waals surface area contributed by atoms with Crippen LogP contribution in [0.3, 0.4) is 0 Å². The number of hydrogen-bond donors (Lipinski definition) is 2. The number of rotatable bonds is 11. The Morgan fingerprint density at radius 3 is 2.18 bits per heavy atom. The van der Waals surface area contributed by atoms with Crippen LogP contribution in [-0.2, 0) is 11.0 Å². The normalized spacial score (nSPS) is 11.6. The number of amides is 1. The number of hydrogen-bond acceptors (Lipinski definition) is 6. The third-order valence-electron chi connectivity index (χ3n) is 5.87. The van der Waals surface area contributed by atoms with Gasteiger partial charge in [-0.2, -0.15) is 13.2 Å². The molecule has 15 heteroatoms. The molecule has 1 amide bonds. The van der Waals surface area contributed by atoms with Crippen molar-refractivity contribution in [3.05, 3.63) is 84.1 Å². The van der Waals surface area contributed by atoms with E-state index >= 15 is 0 Å². The molecule has 0 spiro atoms. The van der Waals surface area contributed by atoms with Crippen LogP contribution in [0.25, 0.3) is 16.8 Å². The molecule has 0 aliphatic heterocycles. The Balaban J connectivity index is 1.72. The zero-order chi connectivity index (χ0) is 32.1. The predicted octanol–water partition coefficient (Wildman–Crippen LogP) is 6.85. The molecule has 0 saturated heterocycles. The summed E-state index contributed by atoms with van der Waals surface area (Å²) in [5, 5.41) is 15.5. The minimum Gasteiger partial charge on any atom is -0.492 e. The molecule has 232 valence electrons. The van der Waals surface area contributed by atoms with E-state index < -0.39 is 35.7 Å². The highest BCUT2D eigenvalue weighted by atomic mass is 19.4. The summed E-state index contributed by atoms with van der Waals surface area (Å²) in [6.07, 6.45) is -8.53.